The molecule has 178 valence electrons. The third-order valence-corrected chi connectivity index (χ3v) is 5.83. The lowest BCUT2D eigenvalue weighted by atomic mass is 10.0. The molecule has 7 heteroatoms. The molecule has 0 aliphatic carbocycles. The SMILES string of the molecule is OC(COCc1ccccc1)CN(Cc1ccc(F)cc1)CC1CC(c2ccc(Cl)cc2)=NO1. The van der Waals surface area contributed by atoms with Gasteiger partial charge in [0, 0.05) is 31.1 Å². The van der Waals surface area contributed by atoms with E-state index in [1.54, 1.807) is 12.1 Å². The number of oxime groups is 1. The molecule has 1 heterocycles. The fourth-order valence-electron chi connectivity index (χ4n) is 3.92. The summed E-state index contributed by atoms with van der Waals surface area (Å²) in [5.41, 5.74) is 3.86. The summed E-state index contributed by atoms with van der Waals surface area (Å²) in [6.45, 7) is 2.16. The van der Waals surface area contributed by atoms with Crippen molar-refractivity contribution in [2.45, 2.75) is 31.8 Å². The Morgan fingerprint density at radius 2 is 1.76 bits per heavy atom. The second-order valence-corrected chi connectivity index (χ2v) is 8.89. The Labute approximate surface area is 204 Å². The van der Waals surface area contributed by atoms with Crippen LogP contribution >= 0.6 is 11.6 Å². The average molecular weight is 483 g/mol. The number of hydrogen-bond donors (Lipinski definition) is 1. The highest BCUT2D eigenvalue weighted by Crippen LogP contribution is 2.20. The maximum absolute atomic E-state index is 13.4. The molecule has 0 amide bonds. The summed E-state index contributed by atoms with van der Waals surface area (Å²) < 4.78 is 19.1. The second kappa shape index (κ2) is 12.1. The molecule has 3 aromatic carbocycles. The fourth-order valence-corrected chi connectivity index (χ4v) is 4.04. The minimum Gasteiger partial charge on any atom is -0.390 e. The van der Waals surface area contributed by atoms with Gasteiger partial charge in [0.2, 0.25) is 0 Å². The number of hydrogen-bond acceptors (Lipinski definition) is 5. The maximum Gasteiger partial charge on any atom is 0.145 e. The van der Waals surface area contributed by atoms with Crippen LogP contribution in [0.15, 0.2) is 84.0 Å². The summed E-state index contributed by atoms with van der Waals surface area (Å²) >= 11 is 5.99. The molecule has 0 bridgehead atoms. The number of halogens is 2. The first-order chi connectivity index (χ1) is 16.5. The maximum atomic E-state index is 13.4. The average Bonchev–Trinajstić information content (AvgIpc) is 3.30. The van der Waals surface area contributed by atoms with Crippen molar-refractivity contribution in [3.8, 4) is 0 Å². The quantitative estimate of drug-likeness (QED) is 0.415. The number of aliphatic hydroxyl groups is 1. The van der Waals surface area contributed by atoms with Crippen molar-refractivity contribution in [2.75, 3.05) is 19.7 Å². The number of rotatable bonds is 11. The predicted molar refractivity (Wildman–Crippen MR) is 131 cm³/mol. The lowest BCUT2D eigenvalue weighted by Crippen LogP contribution is -2.39. The van der Waals surface area contributed by atoms with Crippen LogP contribution in [0, 0.1) is 5.82 Å². The molecule has 4 rings (SSSR count). The van der Waals surface area contributed by atoms with Gasteiger partial charge in [-0.05, 0) is 41.0 Å². The van der Waals surface area contributed by atoms with Crippen LogP contribution in [0.1, 0.15) is 23.1 Å². The lowest BCUT2D eigenvalue weighted by Gasteiger charge is -2.27. The fraction of sp³-hybridized carbons (Fsp3) is 0.296. The first kappa shape index (κ1) is 24.4. The molecule has 0 fully saturated rings. The van der Waals surface area contributed by atoms with E-state index in [0.717, 1.165) is 22.4 Å². The Morgan fingerprint density at radius 3 is 2.50 bits per heavy atom. The highest BCUT2D eigenvalue weighted by atomic mass is 35.5. The van der Waals surface area contributed by atoms with Crippen molar-refractivity contribution in [3.05, 3.63) is 106 Å². The van der Waals surface area contributed by atoms with Gasteiger partial charge in [-0.2, -0.15) is 0 Å². The Morgan fingerprint density at radius 1 is 1.03 bits per heavy atom. The van der Waals surface area contributed by atoms with Gasteiger partial charge in [0.1, 0.15) is 11.9 Å². The minimum atomic E-state index is -0.679. The zero-order valence-corrected chi connectivity index (χ0v) is 19.6. The van der Waals surface area contributed by atoms with E-state index in [4.69, 9.17) is 21.2 Å². The third kappa shape index (κ3) is 7.37. The predicted octanol–water partition coefficient (Wildman–Crippen LogP) is 5.05. The summed E-state index contributed by atoms with van der Waals surface area (Å²) in [6, 6.07) is 23.8. The monoisotopic (exact) mass is 482 g/mol. The topological polar surface area (TPSA) is 54.3 Å². The van der Waals surface area contributed by atoms with Gasteiger partial charge in [0.15, 0.2) is 0 Å². The van der Waals surface area contributed by atoms with E-state index in [2.05, 4.69) is 10.1 Å². The molecule has 1 aliphatic rings. The first-order valence-electron chi connectivity index (χ1n) is 11.3. The van der Waals surface area contributed by atoms with Crippen molar-refractivity contribution in [1.29, 1.82) is 0 Å². The van der Waals surface area contributed by atoms with Crippen molar-refractivity contribution < 1.29 is 19.1 Å². The molecule has 0 aromatic heterocycles. The summed E-state index contributed by atoms with van der Waals surface area (Å²) in [7, 11) is 0. The number of aliphatic hydroxyl groups excluding tert-OH is 1. The van der Waals surface area contributed by atoms with E-state index in [-0.39, 0.29) is 18.5 Å². The largest absolute Gasteiger partial charge is 0.390 e. The minimum absolute atomic E-state index is 0.149. The van der Waals surface area contributed by atoms with Crippen LogP contribution in [-0.4, -0.2) is 47.6 Å². The number of benzene rings is 3. The van der Waals surface area contributed by atoms with Crippen LogP contribution in [0.2, 0.25) is 5.02 Å². The molecule has 1 aliphatic heterocycles. The number of ether oxygens (including phenoxy) is 1. The second-order valence-electron chi connectivity index (χ2n) is 8.45. The zero-order chi connectivity index (χ0) is 23.8. The molecular formula is C27H28ClFN2O3. The van der Waals surface area contributed by atoms with Gasteiger partial charge in [-0.25, -0.2) is 4.39 Å². The molecular weight excluding hydrogens is 455 g/mol. The van der Waals surface area contributed by atoms with E-state index >= 15 is 0 Å². The number of nitrogens with zero attached hydrogens (tertiary/aromatic N) is 2. The van der Waals surface area contributed by atoms with Gasteiger partial charge in [-0.15, -0.1) is 0 Å². The molecule has 2 atom stereocenters. The van der Waals surface area contributed by atoms with Crippen molar-refractivity contribution in [3.63, 3.8) is 0 Å². The summed E-state index contributed by atoms with van der Waals surface area (Å²) in [5.74, 6) is -0.273. The van der Waals surface area contributed by atoms with Gasteiger partial charge in [-0.1, -0.05) is 71.4 Å². The van der Waals surface area contributed by atoms with E-state index in [1.165, 1.54) is 12.1 Å². The van der Waals surface area contributed by atoms with Gasteiger partial charge in [0.25, 0.3) is 0 Å². The normalized spacial score (nSPS) is 16.4. The molecule has 3 aromatic rings. The molecule has 0 saturated carbocycles. The van der Waals surface area contributed by atoms with Crippen LogP contribution < -0.4 is 0 Å². The van der Waals surface area contributed by atoms with Gasteiger partial charge < -0.3 is 14.7 Å². The van der Waals surface area contributed by atoms with Crippen LogP contribution in [-0.2, 0) is 22.7 Å². The van der Waals surface area contributed by atoms with Gasteiger partial charge in [0.05, 0.1) is 25.0 Å². The molecule has 2 unspecified atom stereocenters. The molecule has 1 N–H and O–H groups in total. The van der Waals surface area contributed by atoms with E-state index in [9.17, 15) is 9.50 Å². The first-order valence-corrected chi connectivity index (χ1v) is 11.7. The standard InChI is InChI=1S/C27H28ClFN2O3/c28-23-10-8-22(9-11-23)27-14-26(34-30-27)17-31(15-20-6-12-24(29)13-7-20)16-25(32)19-33-18-21-4-2-1-3-5-21/h1-13,25-26,32H,14-19H2. The molecule has 34 heavy (non-hydrogen) atoms. The highest BCUT2D eigenvalue weighted by molar-refractivity contribution is 6.30. The van der Waals surface area contributed by atoms with Gasteiger partial charge >= 0.3 is 0 Å². The zero-order valence-electron chi connectivity index (χ0n) is 18.8. The summed E-state index contributed by atoms with van der Waals surface area (Å²) in [5, 5.41) is 15.6. The molecule has 0 saturated heterocycles. The van der Waals surface area contributed by atoms with E-state index in [1.807, 2.05) is 54.6 Å². The molecule has 0 spiro atoms. The van der Waals surface area contributed by atoms with Crippen LogP contribution in [0.3, 0.4) is 0 Å². The van der Waals surface area contributed by atoms with E-state index in [0.29, 0.717) is 37.7 Å². The Hall–Kier alpha value is -2.77. The third-order valence-electron chi connectivity index (χ3n) is 5.58. The Bertz CT molecular complexity index is 1060. The highest BCUT2D eigenvalue weighted by Gasteiger charge is 2.26. The van der Waals surface area contributed by atoms with Crippen molar-refractivity contribution in [2.24, 2.45) is 5.16 Å². The van der Waals surface area contributed by atoms with Crippen molar-refractivity contribution >= 4 is 17.3 Å². The van der Waals surface area contributed by atoms with Crippen LogP contribution in [0.25, 0.3) is 0 Å². The van der Waals surface area contributed by atoms with Crippen LogP contribution in [0.4, 0.5) is 4.39 Å². The van der Waals surface area contributed by atoms with E-state index < -0.39 is 6.10 Å². The Kier molecular flexibility index (Phi) is 8.66. The summed E-state index contributed by atoms with van der Waals surface area (Å²) in [6.07, 6.45) is -0.173. The van der Waals surface area contributed by atoms with Crippen molar-refractivity contribution in [1.82, 2.24) is 4.90 Å². The summed E-state index contributed by atoms with van der Waals surface area (Å²) in [4.78, 5) is 7.79. The molecule has 5 nitrogen and oxygen atoms in total. The lowest BCUT2D eigenvalue weighted by molar-refractivity contribution is -0.00649. The Balaban J connectivity index is 1.33. The molecule has 0 radical (unpaired) electrons. The van der Waals surface area contributed by atoms with Gasteiger partial charge in [-0.3, -0.25) is 4.90 Å². The van der Waals surface area contributed by atoms with Crippen LogP contribution in [0.5, 0.6) is 0 Å². The smallest absolute Gasteiger partial charge is 0.145 e.